The Kier molecular flexibility index (Phi) is 8.20. The first kappa shape index (κ1) is 25.7. The summed E-state index contributed by atoms with van der Waals surface area (Å²) in [6.45, 7) is 1.87. The van der Waals surface area contributed by atoms with Gasteiger partial charge in [0, 0.05) is 25.0 Å². The molecule has 186 valence electrons. The first-order chi connectivity index (χ1) is 16.9. The van der Waals surface area contributed by atoms with Gasteiger partial charge in [0.25, 0.3) is 0 Å². The molecule has 0 unspecified atom stereocenters. The summed E-state index contributed by atoms with van der Waals surface area (Å²) in [4.78, 5) is 22.0. The first-order valence-electron chi connectivity index (χ1n) is 11.5. The van der Waals surface area contributed by atoms with Crippen molar-refractivity contribution in [2.75, 3.05) is 18.6 Å². The number of benzene rings is 2. The number of para-hydroxylation sites is 2. The van der Waals surface area contributed by atoms with Crippen LogP contribution in [0.2, 0.25) is 0 Å². The largest absolute Gasteiger partial charge is 0.322 e. The number of thioether (sulfide) groups is 2. The number of hydrogen-bond acceptors (Lipinski definition) is 7. The molecule has 0 radical (unpaired) electrons. The lowest BCUT2D eigenvalue weighted by atomic mass is 10.3. The maximum Gasteiger partial charge on any atom is 0.240 e. The van der Waals surface area contributed by atoms with Crippen LogP contribution in [0.1, 0.15) is 37.4 Å². The summed E-state index contributed by atoms with van der Waals surface area (Å²) < 4.78 is 30.2. The van der Waals surface area contributed by atoms with Crippen molar-refractivity contribution in [1.82, 2.24) is 23.8 Å². The number of hydrogen-bond donors (Lipinski definition) is 1. The van der Waals surface area contributed by atoms with E-state index in [0.29, 0.717) is 11.9 Å². The molecule has 35 heavy (non-hydrogen) atoms. The maximum atomic E-state index is 12.5. The van der Waals surface area contributed by atoms with E-state index in [1.807, 2.05) is 42.8 Å². The Morgan fingerprint density at radius 2 is 1.63 bits per heavy atom. The highest BCUT2D eigenvalue weighted by molar-refractivity contribution is 7.99. The third-order valence-corrected chi connectivity index (χ3v) is 9.28. The standard InChI is InChI=1S/C24H29N5O3S3/c1-4-22(30)29-21-11-7-6-10-18(21)26-24(29)34-15-9-5-8-14-33-23-27-19-16-17(35(31,32)25-2)12-13-20(19)28(23)3/h6-7,10-13,16,25H,4-5,8-9,14-15H2,1-3H3. The molecule has 0 aliphatic rings. The molecule has 4 aromatic rings. The monoisotopic (exact) mass is 531 g/mol. The Morgan fingerprint density at radius 3 is 2.34 bits per heavy atom. The lowest BCUT2D eigenvalue weighted by Crippen LogP contribution is -2.18. The van der Waals surface area contributed by atoms with Crippen molar-refractivity contribution in [3.63, 3.8) is 0 Å². The molecule has 0 spiro atoms. The molecule has 8 nitrogen and oxygen atoms in total. The van der Waals surface area contributed by atoms with Crippen LogP contribution in [0.3, 0.4) is 0 Å². The summed E-state index contributed by atoms with van der Waals surface area (Å²) in [5, 5.41) is 1.65. The van der Waals surface area contributed by atoms with Crippen molar-refractivity contribution in [3.05, 3.63) is 42.5 Å². The smallest absolute Gasteiger partial charge is 0.240 e. The topological polar surface area (TPSA) is 98.9 Å². The van der Waals surface area contributed by atoms with Gasteiger partial charge in [-0.3, -0.25) is 9.36 Å². The van der Waals surface area contributed by atoms with Gasteiger partial charge >= 0.3 is 0 Å². The summed E-state index contributed by atoms with van der Waals surface area (Å²) in [6, 6.07) is 12.8. The third-order valence-electron chi connectivity index (χ3n) is 5.72. The van der Waals surface area contributed by atoms with Crippen LogP contribution in [0.5, 0.6) is 0 Å². The molecule has 0 saturated carbocycles. The molecule has 1 N–H and O–H groups in total. The fraction of sp³-hybridized carbons (Fsp3) is 0.375. The number of aryl methyl sites for hydroxylation is 1. The van der Waals surface area contributed by atoms with Crippen molar-refractivity contribution < 1.29 is 13.2 Å². The van der Waals surface area contributed by atoms with Gasteiger partial charge in [-0.05, 0) is 50.2 Å². The van der Waals surface area contributed by atoms with E-state index >= 15 is 0 Å². The second-order valence-electron chi connectivity index (χ2n) is 8.03. The number of carbonyl (C=O) groups excluding carboxylic acids is 1. The number of imidazole rings is 2. The molecule has 0 fully saturated rings. The molecule has 0 atom stereocenters. The predicted octanol–water partition coefficient (Wildman–Crippen LogP) is 4.94. The van der Waals surface area contributed by atoms with Gasteiger partial charge in [0.05, 0.1) is 27.0 Å². The van der Waals surface area contributed by atoms with E-state index in [-0.39, 0.29) is 10.8 Å². The predicted molar refractivity (Wildman–Crippen MR) is 143 cm³/mol. The normalized spacial score (nSPS) is 12.1. The highest BCUT2D eigenvalue weighted by Gasteiger charge is 2.16. The summed E-state index contributed by atoms with van der Waals surface area (Å²) in [5.41, 5.74) is 3.30. The molecule has 4 rings (SSSR count). The van der Waals surface area contributed by atoms with Gasteiger partial charge < -0.3 is 4.57 Å². The lowest BCUT2D eigenvalue weighted by Gasteiger charge is -2.06. The van der Waals surface area contributed by atoms with Gasteiger partial charge in [0.15, 0.2) is 10.3 Å². The number of nitrogens with zero attached hydrogens (tertiary/aromatic N) is 4. The van der Waals surface area contributed by atoms with Crippen LogP contribution in [0, 0.1) is 0 Å². The van der Waals surface area contributed by atoms with Gasteiger partial charge in [-0.25, -0.2) is 23.1 Å². The highest BCUT2D eigenvalue weighted by Crippen LogP contribution is 2.27. The van der Waals surface area contributed by atoms with E-state index in [9.17, 15) is 13.2 Å². The van der Waals surface area contributed by atoms with Crippen molar-refractivity contribution in [1.29, 1.82) is 0 Å². The molecular formula is C24H29N5O3S3. The average Bonchev–Trinajstić information content (AvgIpc) is 3.39. The van der Waals surface area contributed by atoms with Gasteiger partial charge in [-0.1, -0.05) is 49.0 Å². The van der Waals surface area contributed by atoms with Crippen LogP contribution in [0.4, 0.5) is 0 Å². The van der Waals surface area contributed by atoms with E-state index in [4.69, 9.17) is 0 Å². The minimum absolute atomic E-state index is 0.0655. The fourth-order valence-corrected chi connectivity index (χ4v) is 6.54. The summed E-state index contributed by atoms with van der Waals surface area (Å²) >= 11 is 3.31. The summed E-state index contributed by atoms with van der Waals surface area (Å²) in [7, 11) is -0.143. The van der Waals surface area contributed by atoms with Crippen LogP contribution in [0.25, 0.3) is 22.1 Å². The van der Waals surface area contributed by atoms with Crippen molar-refractivity contribution >= 4 is 61.5 Å². The maximum absolute atomic E-state index is 12.5. The fourth-order valence-electron chi connectivity index (χ4n) is 3.78. The van der Waals surface area contributed by atoms with Crippen LogP contribution in [-0.2, 0) is 17.1 Å². The van der Waals surface area contributed by atoms with E-state index in [1.54, 1.807) is 46.3 Å². The molecule has 0 aliphatic heterocycles. The number of nitrogens with one attached hydrogen (secondary N) is 1. The summed E-state index contributed by atoms with van der Waals surface area (Å²) in [5.74, 6) is 1.90. The number of aromatic nitrogens is 4. The van der Waals surface area contributed by atoms with Crippen LogP contribution in [0.15, 0.2) is 57.7 Å². The molecule has 2 aromatic carbocycles. The Morgan fingerprint density at radius 1 is 0.943 bits per heavy atom. The number of rotatable bonds is 11. The van der Waals surface area contributed by atoms with Gasteiger partial charge in [-0.2, -0.15) is 0 Å². The molecule has 0 saturated heterocycles. The average molecular weight is 532 g/mol. The van der Waals surface area contributed by atoms with Crippen molar-refractivity contribution in [3.8, 4) is 0 Å². The third kappa shape index (κ3) is 5.58. The minimum Gasteiger partial charge on any atom is -0.322 e. The molecule has 2 heterocycles. The number of carbonyl (C=O) groups is 1. The van der Waals surface area contributed by atoms with Gasteiger partial charge in [-0.15, -0.1) is 0 Å². The van der Waals surface area contributed by atoms with E-state index in [2.05, 4.69) is 14.7 Å². The molecule has 0 bridgehead atoms. The number of sulfonamides is 1. The van der Waals surface area contributed by atoms with Crippen LogP contribution in [-0.4, -0.2) is 52.0 Å². The van der Waals surface area contributed by atoms with E-state index in [1.165, 1.54) is 7.05 Å². The quantitative estimate of drug-likeness (QED) is 0.216. The molecular weight excluding hydrogens is 502 g/mol. The minimum atomic E-state index is -3.49. The zero-order chi connectivity index (χ0) is 25.0. The Balaban J connectivity index is 1.28. The molecule has 11 heteroatoms. The van der Waals surface area contributed by atoms with E-state index in [0.717, 1.165) is 57.6 Å². The van der Waals surface area contributed by atoms with Gasteiger partial charge in [0.2, 0.25) is 15.9 Å². The second-order valence-corrected chi connectivity index (χ2v) is 12.0. The molecule has 0 amide bonds. The Hall–Kier alpha value is -2.34. The Bertz CT molecular complexity index is 1460. The first-order valence-corrected chi connectivity index (χ1v) is 15.0. The zero-order valence-corrected chi connectivity index (χ0v) is 22.5. The highest BCUT2D eigenvalue weighted by atomic mass is 32.2. The van der Waals surface area contributed by atoms with Gasteiger partial charge in [0.1, 0.15) is 0 Å². The molecule has 2 aromatic heterocycles. The number of unbranched alkanes of at least 4 members (excludes halogenated alkanes) is 2. The van der Waals surface area contributed by atoms with Crippen LogP contribution >= 0.6 is 23.5 Å². The lowest BCUT2D eigenvalue weighted by molar-refractivity contribution is 0.0903. The zero-order valence-electron chi connectivity index (χ0n) is 20.0. The van der Waals surface area contributed by atoms with Crippen molar-refractivity contribution in [2.45, 2.75) is 47.8 Å². The second kappa shape index (κ2) is 11.2. The SMILES string of the molecule is CCC(=O)n1c(SCCCCCSc2nc3cc(S(=O)(=O)NC)ccc3n2C)nc2ccccc21. The van der Waals surface area contributed by atoms with Crippen molar-refractivity contribution in [2.24, 2.45) is 7.05 Å². The Labute approximate surface area is 213 Å². The van der Waals surface area contributed by atoms with E-state index < -0.39 is 10.0 Å². The number of fused-ring (bicyclic) bond motifs is 2. The van der Waals surface area contributed by atoms with Crippen LogP contribution < -0.4 is 4.72 Å². The molecule has 0 aliphatic carbocycles. The summed E-state index contributed by atoms with van der Waals surface area (Å²) in [6.07, 6.45) is 3.58.